The normalized spacial score (nSPS) is 11.1. The molecule has 0 saturated carbocycles. The van der Waals surface area contributed by atoms with Crippen LogP contribution in [0.25, 0.3) is 6.08 Å². The Hall–Kier alpha value is -2.08. The fourth-order valence-corrected chi connectivity index (χ4v) is 1.94. The molecule has 0 aliphatic heterocycles. The number of hydrogen-bond donors (Lipinski definition) is 1. The summed E-state index contributed by atoms with van der Waals surface area (Å²) in [4.78, 5) is 11.6. The zero-order valence-electron chi connectivity index (χ0n) is 11.9. The molecule has 1 N–H and O–H groups in total. The Kier molecular flexibility index (Phi) is 5.57. The van der Waals surface area contributed by atoms with Gasteiger partial charge in [-0.3, -0.25) is 14.2 Å². The van der Waals surface area contributed by atoms with Crippen LogP contribution < -0.4 is 5.32 Å². The molecule has 0 bridgehead atoms. The number of nitrogens with zero attached hydrogens (tertiary/aromatic N) is 4. The molecule has 0 aliphatic rings. The number of aryl methyl sites for hydroxylation is 2. The van der Waals surface area contributed by atoms with Crippen molar-refractivity contribution in [2.75, 3.05) is 6.54 Å². The number of hydrogen-bond acceptors (Lipinski definition) is 3. The maximum Gasteiger partial charge on any atom is 0.244 e. The molecule has 0 radical (unpaired) electrons. The maximum absolute atomic E-state index is 11.6. The summed E-state index contributed by atoms with van der Waals surface area (Å²) >= 11 is 5.77. The van der Waals surface area contributed by atoms with Crippen molar-refractivity contribution >= 4 is 23.6 Å². The van der Waals surface area contributed by atoms with Crippen LogP contribution in [0.3, 0.4) is 0 Å². The van der Waals surface area contributed by atoms with Crippen LogP contribution >= 0.6 is 11.6 Å². The van der Waals surface area contributed by atoms with E-state index in [1.54, 1.807) is 29.3 Å². The summed E-state index contributed by atoms with van der Waals surface area (Å²) in [5.41, 5.74) is 0.915. The first-order valence-electron chi connectivity index (χ1n) is 6.83. The van der Waals surface area contributed by atoms with Crippen LogP contribution in [0, 0.1) is 0 Å². The molecule has 0 spiro atoms. The van der Waals surface area contributed by atoms with Gasteiger partial charge in [-0.25, -0.2) is 0 Å². The summed E-state index contributed by atoms with van der Waals surface area (Å²) in [5.74, 6) is -0.113. The lowest BCUT2D eigenvalue weighted by atomic mass is 10.3. The van der Waals surface area contributed by atoms with Crippen LogP contribution in [0.5, 0.6) is 0 Å². The lowest BCUT2D eigenvalue weighted by molar-refractivity contribution is -0.116. The van der Waals surface area contributed by atoms with Gasteiger partial charge in [-0.05, 0) is 19.4 Å². The molecule has 0 atom stereocenters. The molecule has 0 saturated heterocycles. The van der Waals surface area contributed by atoms with Crippen LogP contribution in [0.15, 0.2) is 30.9 Å². The highest BCUT2D eigenvalue weighted by Gasteiger charge is 1.98. The Morgan fingerprint density at radius 2 is 2.14 bits per heavy atom. The predicted molar refractivity (Wildman–Crippen MR) is 81.8 cm³/mol. The Labute approximate surface area is 128 Å². The smallest absolute Gasteiger partial charge is 0.244 e. The van der Waals surface area contributed by atoms with Gasteiger partial charge in [0.25, 0.3) is 0 Å². The topological polar surface area (TPSA) is 64.7 Å². The number of halogens is 1. The van der Waals surface area contributed by atoms with E-state index in [4.69, 9.17) is 11.6 Å². The van der Waals surface area contributed by atoms with Gasteiger partial charge in [0, 0.05) is 43.7 Å². The summed E-state index contributed by atoms with van der Waals surface area (Å²) in [7, 11) is 0. The highest BCUT2D eigenvalue weighted by molar-refractivity contribution is 6.30. The van der Waals surface area contributed by atoms with Gasteiger partial charge >= 0.3 is 0 Å². The van der Waals surface area contributed by atoms with E-state index >= 15 is 0 Å². The zero-order chi connectivity index (χ0) is 15.1. The Morgan fingerprint density at radius 1 is 1.33 bits per heavy atom. The maximum atomic E-state index is 11.6. The summed E-state index contributed by atoms with van der Waals surface area (Å²) in [6.07, 6.45) is 11.0. The number of carbonyl (C=O) groups excluding carboxylic acids is 1. The Bertz CT molecular complexity index is 616. The summed E-state index contributed by atoms with van der Waals surface area (Å²) < 4.78 is 3.57. The highest BCUT2D eigenvalue weighted by Crippen LogP contribution is 2.04. The minimum Gasteiger partial charge on any atom is -0.352 e. The Balaban J connectivity index is 1.67. The molecule has 0 fully saturated rings. The van der Waals surface area contributed by atoms with E-state index in [0.717, 1.165) is 25.1 Å². The van der Waals surface area contributed by atoms with E-state index < -0.39 is 0 Å². The number of carbonyl (C=O) groups is 1. The molecule has 2 heterocycles. The van der Waals surface area contributed by atoms with Crippen molar-refractivity contribution in [1.82, 2.24) is 24.9 Å². The molecule has 21 heavy (non-hydrogen) atoms. The van der Waals surface area contributed by atoms with E-state index in [-0.39, 0.29) is 5.91 Å². The first-order valence-corrected chi connectivity index (χ1v) is 7.21. The second-order valence-corrected chi connectivity index (χ2v) is 4.97. The first kappa shape index (κ1) is 15.3. The average molecular weight is 308 g/mol. The van der Waals surface area contributed by atoms with Gasteiger partial charge in [0.15, 0.2) is 0 Å². The third-order valence-electron chi connectivity index (χ3n) is 2.87. The van der Waals surface area contributed by atoms with Gasteiger partial charge in [-0.15, -0.1) is 0 Å². The van der Waals surface area contributed by atoms with Crippen LogP contribution in [-0.4, -0.2) is 32.0 Å². The second kappa shape index (κ2) is 7.64. The fraction of sp³-hybridized carbons (Fsp3) is 0.357. The van der Waals surface area contributed by atoms with Gasteiger partial charge in [0.05, 0.1) is 17.4 Å². The van der Waals surface area contributed by atoms with Crippen LogP contribution in [0.2, 0.25) is 5.02 Å². The molecule has 7 heteroatoms. The molecule has 1 amide bonds. The monoisotopic (exact) mass is 307 g/mol. The van der Waals surface area contributed by atoms with E-state index in [1.807, 2.05) is 17.8 Å². The molecule has 2 rings (SSSR count). The molecule has 2 aromatic rings. The van der Waals surface area contributed by atoms with Gasteiger partial charge in [-0.1, -0.05) is 11.6 Å². The van der Waals surface area contributed by atoms with Gasteiger partial charge in [-0.2, -0.15) is 10.2 Å². The van der Waals surface area contributed by atoms with Crippen molar-refractivity contribution in [3.05, 3.63) is 41.4 Å². The van der Waals surface area contributed by atoms with Crippen molar-refractivity contribution in [2.24, 2.45) is 0 Å². The van der Waals surface area contributed by atoms with E-state index in [2.05, 4.69) is 15.5 Å². The molecule has 0 aliphatic carbocycles. The summed E-state index contributed by atoms with van der Waals surface area (Å²) in [6.45, 7) is 4.15. The molecular formula is C14H18ClN5O. The standard InChI is InChI=1S/C14H18ClN5O/c1-2-19-10-12(8-17-19)4-5-14(21)16-6-3-7-20-11-13(15)9-18-20/h4-5,8-11H,2-3,6-7H2,1H3,(H,16,21)/b5-4+. The van der Waals surface area contributed by atoms with Crippen molar-refractivity contribution in [1.29, 1.82) is 0 Å². The molecule has 0 aromatic carbocycles. The van der Waals surface area contributed by atoms with Gasteiger partial charge < -0.3 is 5.32 Å². The van der Waals surface area contributed by atoms with Crippen LogP contribution in [-0.2, 0) is 17.9 Å². The van der Waals surface area contributed by atoms with E-state index in [1.165, 1.54) is 6.08 Å². The SMILES string of the molecule is CCn1cc(/C=C/C(=O)NCCCn2cc(Cl)cn2)cn1. The first-order chi connectivity index (χ1) is 10.2. The minimum atomic E-state index is -0.113. The van der Waals surface area contributed by atoms with Gasteiger partial charge in [0.1, 0.15) is 0 Å². The van der Waals surface area contributed by atoms with Crippen LogP contribution in [0.1, 0.15) is 18.9 Å². The van der Waals surface area contributed by atoms with E-state index in [0.29, 0.717) is 11.6 Å². The average Bonchev–Trinajstić information content (AvgIpc) is 3.10. The minimum absolute atomic E-state index is 0.113. The summed E-state index contributed by atoms with van der Waals surface area (Å²) in [5, 5.41) is 11.6. The van der Waals surface area contributed by atoms with Crippen molar-refractivity contribution in [2.45, 2.75) is 26.4 Å². The summed E-state index contributed by atoms with van der Waals surface area (Å²) in [6, 6.07) is 0. The number of nitrogens with one attached hydrogen (secondary N) is 1. The van der Waals surface area contributed by atoms with E-state index in [9.17, 15) is 4.79 Å². The van der Waals surface area contributed by atoms with Crippen LogP contribution in [0.4, 0.5) is 0 Å². The molecule has 112 valence electrons. The molecule has 2 aromatic heterocycles. The lowest BCUT2D eigenvalue weighted by Crippen LogP contribution is -2.23. The third-order valence-corrected chi connectivity index (χ3v) is 3.06. The number of rotatable bonds is 7. The van der Waals surface area contributed by atoms with Crippen molar-refractivity contribution < 1.29 is 4.79 Å². The molecule has 0 unspecified atom stereocenters. The predicted octanol–water partition coefficient (Wildman–Crippen LogP) is 1.97. The highest BCUT2D eigenvalue weighted by atomic mass is 35.5. The zero-order valence-corrected chi connectivity index (χ0v) is 12.6. The Morgan fingerprint density at radius 3 is 2.81 bits per heavy atom. The quantitative estimate of drug-likeness (QED) is 0.628. The second-order valence-electron chi connectivity index (χ2n) is 4.53. The molecular weight excluding hydrogens is 290 g/mol. The lowest BCUT2D eigenvalue weighted by Gasteiger charge is -2.02. The van der Waals surface area contributed by atoms with Crippen molar-refractivity contribution in [3.63, 3.8) is 0 Å². The number of aromatic nitrogens is 4. The number of amides is 1. The van der Waals surface area contributed by atoms with Crippen molar-refractivity contribution in [3.8, 4) is 0 Å². The molecule has 6 nitrogen and oxygen atoms in total. The largest absolute Gasteiger partial charge is 0.352 e. The third kappa shape index (κ3) is 5.07. The van der Waals surface area contributed by atoms with Gasteiger partial charge in [0.2, 0.25) is 5.91 Å². The fourth-order valence-electron chi connectivity index (χ4n) is 1.78.